The van der Waals surface area contributed by atoms with E-state index in [4.69, 9.17) is 34.8 Å². The van der Waals surface area contributed by atoms with E-state index in [1.807, 2.05) is 6.07 Å². The van der Waals surface area contributed by atoms with Crippen LogP contribution in [0.4, 0.5) is 0 Å². The van der Waals surface area contributed by atoms with Crippen LogP contribution in [0.25, 0.3) is 0 Å². The lowest BCUT2D eigenvalue weighted by Crippen LogP contribution is -2.14. The van der Waals surface area contributed by atoms with Crippen molar-refractivity contribution in [3.05, 3.63) is 30.3 Å². The number of rotatable bonds is 2. The first-order valence-corrected chi connectivity index (χ1v) is 5.94. The Bertz CT molecular complexity index is 294. The Kier molecular flexibility index (Phi) is 4.05. The summed E-state index contributed by atoms with van der Waals surface area (Å²) in [7, 11) is -1.25. The minimum absolute atomic E-state index is 0.0156. The van der Waals surface area contributed by atoms with Crippen molar-refractivity contribution in [3.63, 3.8) is 0 Å². The predicted octanol–water partition coefficient (Wildman–Crippen LogP) is 3.16. The molecule has 0 radical (unpaired) electrons. The van der Waals surface area contributed by atoms with E-state index in [0.29, 0.717) is 4.90 Å². The molecule has 1 aromatic rings. The highest BCUT2D eigenvalue weighted by molar-refractivity contribution is 7.85. The topological polar surface area (TPSA) is 17.1 Å². The molecule has 0 aliphatic carbocycles. The lowest BCUT2D eigenvalue weighted by molar-refractivity contribution is 0.683. The summed E-state index contributed by atoms with van der Waals surface area (Å²) in [6.07, 6.45) is 0. The molecule has 0 heterocycles. The van der Waals surface area contributed by atoms with Crippen molar-refractivity contribution in [3.8, 4) is 0 Å². The van der Waals surface area contributed by atoms with Gasteiger partial charge in [0.1, 0.15) is 0 Å². The van der Waals surface area contributed by atoms with Crippen molar-refractivity contribution >= 4 is 45.6 Å². The second-order valence-corrected chi connectivity index (χ2v) is 6.39. The molecule has 0 N–H and O–H groups in total. The predicted molar refractivity (Wildman–Crippen MR) is 58.0 cm³/mol. The van der Waals surface area contributed by atoms with Crippen LogP contribution >= 0.6 is 34.8 Å². The van der Waals surface area contributed by atoms with E-state index in [0.717, 1.165) is 0 Å². The van der Waals surface area contributed by atoms with Crippen LogP contribution in [0.15, 0.2) is 35.2 Å². The smallest absolute Gasteiger partial charge is 0.202 e. The zero-order valence-electron chi connectivity index (χ0n) is 6.54. The van der Waals surface area contributed by atoms with Gasteiger partial charge in [0.25, 0.3) is 0 Å². The van der Waals surface area contributed by atoms with E-state index in [1.54, 1.807) is 24.3 Å². The van der Waals surface area contributed by atoms with Crippen LogP contribution in [0.1, 0.15) is 0 Å². The average Bonchev–Trinajstić information content (AvgIpc) is 2.03. The van der Waals surface area contributed by atoms with Gasteiger partial charge in [0.2, 0.25) is 3.79 Å². The fourth-order valence-electron chi connectivity index (χ4n) is 0.804. The van der Waals surface area contributed by atoms with Crippen LogP contribution < -0.4 is 0 Å². The fourth-order valence-corrected chi connectivity index (χ4v) is 2.62. The first-order valence-electron chi connectivity index (χ1n) is 3.49. The SMILES string of the molecule is O=S(CC(Cl)(Cl)Cl)c1ccccc1. The van der Waals surface area contributed by atoms with Crippen LogP contribution in [-0.2, 0) is 10.8 Å². The van der Waals surface area contributed by atoms with E-state index in [2.05, 4.69) is 0 Å². The molecule has 0 aliphatic rings. The zero-order chi connectivity index (χ0) is 9.90. The van der Waals surface area contributed by atoms with Crippen LogP contribution in [0.5, 0.6) is 0 Å². The van der Waals surface area contributed by atoms with Gasteiger partial charge in [-0.15, -0.1) is 0 Å². The van der Waals surface area contributed by atoms with Gasteiger partial charge in [-0.05, 0) is 12.1 Å². The lowest BCUT2D eigenvalue weighted by atomic mass is 10.4. The highest BCUT2D eigenvalue weighted by Crippen LogP contribution is 2.28. The molecule has 1 rings (SSSR count). The van der Waals surface area contributed by atoms with Crippen LogP contribution in [-0.4, -0.2) is 13.8 Å². The van der Waals surface area contributed by atoms with Gasteiger partial charge in [0.05, 0.1) is 16.6 Å². The normalized spacial score (nSPS) is 14.1. The molecule has 1 nitrogen and oxygen atoms in total. The summed E-state index contributed by atoms with van der Waals surface area (Å²) < 4.78 is 10.1. The van der Waals surface area contributed by atoms with Crippen molar-refractivity contribution in [1.29, 1.82) is 0 Å². The van der Waals surface area contributed by atoms with Gasteiger partial charge in [0, 0.05) is 4.90 Å². The third-order valence-corrected chi connectivity index (χ3v) is 3.67. The summed E-state index contributed by atoms with van der Waals surface area (Å²) in [4.78, 5) is 0.675. The Hall–Kier alpha value is 0.240. The molecule has 0 bridgehead atoms. The van der Waals surface area contributed by atoms with Crippen LogP contribution in [0.2, 0.25) is 0 Å². The number of hydrogen-bond donors (Lipinski definition) is 0. The minimum atomic E-state index is -1.46. The second kappa shape index (κ2) is 4.65. The van der Waals surface area contributed by atoms with Gasteiger partial charge in [-0.3, -0.25) is 4.21 Å². The summed E-state index contributed by atoms with van der Waals surface area (Å²) >= 11 is 16.5. The van der Waals surface area contributed by atoms with Gasteiger partial charge in [0.15, 0.2) is 0 Å². The highest BCUT2D eigenvalue weighted by atomic mass is 35.6. The average molecular weight is 258 g/mol. The Balaban J connectivity index is 2.71. The molecule has 1 atom stereocenters. The molecular formula is C8H7Cl3OS. The van der Waals surface area contributed by atoms with E-state index < -0.39 is 14.6 Å². The van der Waals surface area contributed by atoms with Gasteiger partial charge >= 0.3 is 0 Å². The molecule has 0 fully saturated rings. The summed E-state index contributed by atoms with van der Waals surface area (Å²) in [6, 6.07) is 8.92. The van der Waals surface area contributed by atoms with E-state index in [-0.39, 0.29) is 5.75 Å². The monoisotopic (exact) mass is 256 g/mol. The lowest BCUT2D eigenvalue weighted by Gasteiger charge is -2.09. The van der Waals surface area contributed by atoms with Crippen molar-refractivity contribution in [1.82, 2.24) is 0 Å². The quantitative estimate of drug-likeness (QED) is 0.744. The molecule has 0 amide bonds. The molecule has 0 aromatic heterocycles. The van der Waals surface area contributed by atoms with Crippen LogP contribution in [0, 0.1) is 0 Å². The molecule has 0 saturated carbocycles. The van der Waals surface area contributed by atoms with Crippen molar-refractivity contribution < 1.29 is 4.21 Å². The summed E-state index contributed by atoms with van der Waals surface area (Å²) in [6.45, 7) is 0. The number of alkyl halides is 3. The third kappa shape index (κ3) is 4.32. The minimum Gasteiger partial charge on any atom is -0.254 e. The molecule has 1 aromatic carbocycles. The molecule has 13 heavy (non-hydrogen) atoms. The van der Waals surface area contributed by atoms with Gasteiger partial charge in [-0.1, -0.05) is 53.0 Å². The van der Waals surface area contributed by atoms with Crippen molar-refractivity contribution in [2.24, 2.45) is 0 Å². The molecule has 1 unspecified atom stereocenters. The van der Waals surface area contributed by atoms with E-state index in [9.17, 15) is 4.21 Å². The molecule has 0 spiro atoms. The second-order valence-electron chi connectivity index (χ2n) is 2.42. The standard InChI is InChI=1S/C8H7Cl3OS/c9-8(10,11)6-13(12)7-4-2-1-3-5-7/h1-5H,6H2. The Morgan fingerprint density at radius 3 is 2.15 bits per heavy atom. The first kappa shape index (κ1) is 11.3. The maximum absolute atomic E-state index is 11.5. The maximum atomic E-state index is 11.5. The van der Waals surface area contributed by atoms with Gasteiger partial charge in [-0.25, -0.2) is 0 Å². The van der Waals surface area contributed by atoms with Gasteiger partial charge in [-0.2, -0.15) is 0 Å². The highest BCUT2D eigenvalue weighted by Gasteiger charge is 2.23. The van der Waals surface area contributed by atoms with Crippen LogP contribution in [0.3, 0.4) is 0 Å². The fraction of sp³-hybridized carbons (Fsp3) is 0.250. The summed E-state index contributed by atoms with van der Waals surface area (Å²) in [5.74, 6) is 0.0156. The van der Waals surface area contributed by atoms with Gasteiger partial charge < -0.3 is 0 Å². The maximum Gasteiger partial charge on any atom is 0.202 e. The van der Waals surface area contributed by atoms with E-state index >= 15 is 0 Å². The van der Waals surface area contributed by atoms with Crippen molar-refractivity contribution in [2.45, 2.75) is 8.69 Å². The molecular weight excluding hydrogens is 251 g/mol. The Labute approximate surface area is 94.4 Å². The van der Waals surface area contributed by atoms with E-state index in [1.165, 1.54) is 0 Å². The Morgan fingerprint density at radius 2 is 1.69 bits per heavy atom. The Morgan fingerprint density at radius 1 is 1.15 bits per heavy atom. The zero-order valence-corrected chi connectivity index (χ0v) is 9.63. The largest absolute Gasteiger partial charge is 0.254 e. The molecule has 5 heteroatoms. The van der Waals surface area contributed by atoms with Crippen molar-refractivity contribution in [2.75, 3.05) is 5.75 Å². The summed E-state index contributed by atoms with van der Waals surface area (Å²) in [5.41, 5.74) is 0. The third-order valence-electron chi connectivity index (χ3n) is 1.30. The molecule has 0 aliphatic heterocycles. The number of hydrogen-bond acceptors (Lipinski definition) is 1. The number of benzene rings is 1. The molecule has 0 saturated heterocycles. The molecule has 72 valence electrons. The summed E-state index contributed by atoms with van der Waals surface area (Å²) in [5, 5.41) is 0. The first-order chi connectivity index (χ1) is 5.99. The number of halogens is 3.